The predicted molar refractivity (Wildman–Crippen MR) is 67.5 cm³/mol. The highest BCUT2D eigenvalue weighted by molar-refractivity contribution is 6.34. The van der Waals surface area contributed by atoms with Crippen molar-refractivity contribution in [2.75, 3.05) is 18.0 Å². The molecule has 16 heavy (non-hydrogen) atoms. The minimum atomic E-state index is 0.0242. The van der Waals surface area contributed by atoms with E-state index in [9.17, 15) is 0 Å². The van der Waals surface area contributed by atoms with E-state index in [0.29, 0.717) is 10.6 Å². The van der Waals surface area contributed by atoms with Gasteiger partial charge in [0.05, 0.1) is 5.02 Å². The molecule has 4 nitrogen and oxygen atoms in total. The highest BCUT2D eigenvalue weighted by Crippen LogP contribution is 2.23. The minimum absolute atomic E-state index is 0.0242. The van der Waals surface area contributed by atoms with Crippen LogP contribution in [-0.4, -0.2) is 24.1 Å². The number of benzene rings is 1. The Hall–Kier alpha value is -1.42. The third-order valence-corrected chi connectivity index (χ3v) is 2.78. The lowest BCUT2D eigenvalue weighted by Crippen LogP contribution is -2.22. The number of hydrogen-bond acceptors (Lipinski definition) is 3. The van der Waals surface area contributed by atoms with Crippen LogP contribution < -0.4 is 10.6 Å². The number of oxime groups is 1. The van der Waals surface area contributed by atoms with Gasteiger partial charge < -0.3 is 15.8 Å². The van der Waals surface area contributed by atoms with Gasteiger partial charge in [-0.15, -0.1) is 0 Å². The molecule has 0 radical (unpaired) electrons. The van der Waals surface area contributed by atoms with Crippen LogP contribution in [0.5, 0.6) is 0 Å². The first kappa shape index (κ1) is 12.6. The first-order valence-corrected chi connectivity index (χ1v) is 5.54. The highest BCUT2D eigenvalue weighted by Gasteiger charge is 2.08. The molecule has 0 aliphatic carbocycles. The summed E-state index contributed by atoms with van der Waals surface area (Å²) in [5, 5.41) is 12.0. The lowest BCUT2D eigenvalue weighted by molar-refractivity contribution is 0.318. The Balaban J connectivity index is 3.08. The standard InChI is InChI=1S/C11H16ClN3O/c1-3-15(4-2)8-5-6-9(10(12)7-8)11(13)14-16/h5-7,16H,3-4H2,1-2H3,(H2,13,14). The van der Waals surface area contributed by atoms with Crippen LogP contribution in [-0.2, 0) is 0 Å². The Morgan fingerprint density at radius 3 is 2.50 bits per heavy atom. The molecule has 0 saturated heterocycles. The fraction of sp³-hybridized carbons (Fsp3) is 0.364. The maximum Gasteiger partial charge on any atom is 0.171 e. The maximum absolute atomic E-state index is 8.58. The molecule has 88 valence electrons. The summed E-state index contributed by atoms with van der Waals surface area (Å²) in [6.45, 7) is 5.98. The molecule has 1 aromatic carbocycles. The Bertz CT molecular complexity index is 389. The molecule has 3 N–H and O–H groups in total. The monoisotopic (exact) mass is 241 g/mol. The fourth-order valence-electron chi connectivity index (χ4n) is 1.55. The smallest absolute Gasteiger partial charge is 0.171 e. The molecular formula is C11H16ClN3O. The van der Waals surface area contributed by atoms with Gasteiger partial charge in [0, 0.05) is 24.3 Å². The molecule has 0 aliphatic heterocycles. The zero-order chi connectivity index (χ0) is 12.1. The van der Waals surface area contributed by atoms with Crippen molar-refractivity contribution >= 4 is 23.1 Å². The van der Waals surface area contributed by atoms with Gasteiger partial charge in [0.2, 0.25) is 0 Å². The second-order valence-corrected chi connectivity index (χ2v) is 3.73. The third kappa shape index (κ3) is 2.58. The fourth-order valence-corrected chi connectivity index (χ4v) is 1.82. The Labute approximate surface area is 100 Å². The quantitative estimate of drug-likeness (QED) is 0.368. The summed E-state index contributed by atoms with van der Waals surface area (Å²) in [7, 11) is 0. The van der Waals surface area contributed by atoms with E-state index in [1.54, 1.807) is 6.07 Å². The van der Waals surface area contributed by atoms with Gasteiger partial charge in [0.25, 0.3) is 0 Å². The van der Waals surface area contributed by atoms with E-state index in [1.807, 2.05) is 12.1 Å². The van der Waals surface area contributed by atoms with E-state index in [1.165, 1.54) is 0 Å². The average Bonchev–Trinajstić information content (AvgIpc) is 2.30. The van der Waals surface area contributed by atoms with Crippen LogP contribution in [0.3, 0.4) is 0 Å². The molecule has 0 amide bonds. The van der Waals surface area contributed by atoms with Crippen molar-refractivity contribution in [3.63, 3.8) is 0 Å². The molecule has 0 atom stereocenters. The largest absolute Gasteiger partial charge is 0.409 e. The van der Waals surface area contributed by atoms with E-state index in [-0.39, 0.29) is 5.84 Å². The van der Waals surface area contributed by atoms with Crippen molar-refractivity contribution in [2.24, 2.45) is 10.9 Å². The number of nitrogens with two attached hydrogens (primary N) is 1. The normalized spacial score (nSPS) is 11.6. The number of hydrogen-bond donors (Lipinski definition) is 2. The number of nitrogens with zero attached hydrogens (tertiary/aromatic N) is 2. The van der Waals surface area contributed by atoms with Crippen molar-refractivity contribution in [1.29, 1.82) is 0 Å². The molecule has 0 aromatic heterocycles. The molecule has 0 spiro atoms. The van der Waals surface area contributed by atoms with Crippen molar-refractivity contribution < 1.29 is 5.21 Å². The van der Waals surface area contributed by atoms with E-state index in [0.717, 1.165) is 18.8 Å². The van der Waals surface area contributed by atoms with Gasteiger partial charge in [-0.3, -0.25) is 0 Å². The Morgan fingerprint density at radius 2 is 2.06 bits per heavy atom. The predicted octanol–water partition coefficient (Wildman–Crippen LogP) is 2.28. The summed E-state index contributed by atoms with van der Waals surface area (Å²) in [5.41, 5.74) is 7.06. The number of rotatable bonds is 4. The Kier molecular flexibility index (Phi) is 4.43. The maximum atomic E-state index is 8.58. The molecule has 0 unspecified atom stereocenters. The molecule has 0 aliphatic rings. The lowest BCUT2D eigenvalue weighted by atomic mass is 10.1. The number of amidine groups is 1. The van der Waals surface area contributed by atoms with Crippen LogP contribution >= 0.6 is 11.6 Å². The molecule has 0 bridgehead atoms. The van der Waals surface area contributed by atoms with Gasteiger partial charge in [-0.25, -0.2) is 0 Å². The van der Waals surface area contributed by atoms with E-state index in [2.05, 4.69) is 23.9 Å². The molecule has 0 fully saturated rings. The van der Waals surface area contributed by atoms with Gasteiger partial charge >= 0.3 is 0 Å². The van der Waals surface area contributed by atoms with E-state index < -0.39 is 0 Å². The summed E-state index contributed by atoms with van der Waals surface area (Å²) in [6.07, 6.45) is 0. The molecule has 1 aromatic rings. The summed E-state index contributed by atoms with van der Waals surface area (Å²) in [6, 6.07) is 5.49. The zero-order valence-electron chi connectivity index (χ0n) is 9.44. The first-order valence-electron chi connectivity index (χ1n) is 5.16. The first-order chi connectivity index (χ1) is 7.63. The SMILES string of the molecule is CCN(CC)c1ccc(C(N)=NO)c(Cl)c1. The van der Waals surface area contributed by atoms with Gasteiger partial charge in [-0.1, -0.05) is 16.8 Å². The third-order valence-electron chi connectivity index (χ3n) is 2.46. The van der Waals surface area contributed by atoms with Crippen LogP contribution in [0.4, 0.5) is 5.69 Å². The van der Waals surface area contributed by atoms with Crippen LogP contribution in [0.2, 0.25) is 5.02 Å². The van der Waals surface area contributed by atoms with Gasteiger partial charge in [-0.2, -0.15) is 0 Å². The van der Waals surface area contributed by atoms with Crippen LogP contribution in [0, 0.1) is 0 Å². The molecular weight excluding hydrogens is 226 g/mol. The summed E-state index contributed by atoms with van der Waals surface area (Å²) in [4.78, 5) is 2.17. The summed E-state index contributed by atoms with van der Waals surface area (Å²) in [5.74, 6) is 0.0242. The van der Waals surface area contributed by atoms with Crippen LogP contribution in [0.25, 0.3) is 0 Å². The number of anilines is 1. The zero-order valence-corrected chi connectivity index (χ0v) is 10.2. The van der Waals surface area contributed by atoms with Crippen LogP contribution in [0.1, 0.15) is 19.4 Å². The lowest BCUT2D eigenvalue weighted by Gasteiger charge is -2.21. The molecule has 0 heterocycles. The topological polar surface area (TPSA) is 61.8 Å². The van der Waals surface area contributed by atoms with E-state index in [4.69, 9.17) is 22.5 Å². The highest BCUT2D eigenvalue weighted by atomic mass is 35.5. The molecule has 0 saturated carbocycles. The molecule has 1 rings (SSSR count). The van der Waals surface area contributed by atoms with Crippen LogP contribution in [0.15, 0.2) is 23.4 Å². The van der Waals surface area contributed by atoms with Crippen molar-refractivity contribution in [3.05, 3.63) is 28.8 Å². The van der Waals surface area contributed by atoms with Gasteiger partial charge in [-0.05, 0) is 32.0 Å². The van der Waals surface area contributed by atoms with Gasteiger partial charge in [0.15, 0.2) is 5.84 Å². The second kappa shape index (κ2) is 5.61. The second-order valence-electron chi connectivity index (χ2n) is 3.32. The summed E-state index contributed by atoms with van der Waals surface area (Å²) >= 11 is 6.06. The minimum Gasteiger partial charge on any atom is -0.409 e. The average molecular weight is 242 g/mol. The van der Waals surface area contributed by atoms with Crippen molar-refractivity contribution in [2.45, 2.75) is 13.8 Å². The molecule has 5 heteroatoms. The number of halogens is 1. The van der Waals surface area contributed by atoms with Gasteiger partial charge in [0.1, 0.15) is 0 Å². The van der Waals surface area contributed by atoms with Crippen molar-refractivity contribution in [3.8, 4) is 0 Å². The summed E-state index contributed by atoms with van der Waals surface area (Å²) < 4.78 is 0. The van der Waals surface area contributed by atoms with Crippen molar-refractivity contribution in [1.82, 2.24) is 0 Å². The Morgan fingerprint density at radius 1 is 1.44 bits per heavy atom. The van der Waals surface area contributed by atoms with E-state index >= 15 is 0 Å².